The zero-order valence-corrected chi connectivity index (χ0v) is 14.1. The molecule has 0 unspecified atom stereocenters. The van der Waals surface area contributed by atoms with E-state index in [0.29, 0.717) is 0 Å². The van der Waals surface area contributed by atoms with E-state index in [4.69, 9.17) is 9.84 Å². The van der Waals surface area contributed by atoms with Crippen molar-refractivity contribution in [3.63, 3.8) is 0 Å². The Bertz CT molecular complexity index is 469. The zero-order chi connectivity index (χ0) is 16.6. The van der Waals surface area contributed by atoms with Crippen molar-refractivity contribution in [1.82, 2.24) is 4.90 Å². The van der Waals surface area contributed by atoms with Crippen LogP contribution in [0.25, 0.3) is 0 Å². The molecule has 0 saturated carbocycles. The van der Waals surface area contributed by atoms with Crippen LogP contribution in [0.15, 0.2) is 24.3 Å². The minimum Gasteiger partial charge on any atom is -0.444 e. The summed E-state index contributed by atoms with van der Waals surface area (Å²) in [6, 6.07) is 7.78. The Morgan fingerprint density at radius 3 is 2.68 bits per heavy atom. The highest BCUT2D eigenvalue weighted by atomic mass is 16.6. The molecule has 22 heavy (non-hydrogen) atoms. The third-order valence-electron chi connectivity index (χ3n) is 3.05. The summed E-state index contributed by atoms with van der Waals surface area (Å²) in [4.78, 5) is 13.9. The van der Waals surface area contributed by atoms with Gasteiger partial charge in [0.2, 0.25) is 0 Å². The summed E-state index contributed by atoms with van der Waals surface area (Å²) in [7, 11) is 2.04. The second kappa shape index (κ2) is 8.76. The highest BCUT2D eigenvalue weighted by Crippen LogP contribution is 2.14. The van der Waals surface area contributed by atoms with Crippen molar-refractivity contribution < 1.29 is 14.6 Å². The number of anilines is 1. The third-order valence-corrected chi connectivity index (χ3v) is 3.05. The molecule has 1 amide bonds. The van der Waals surface area contributed by atoms with Gasteiger partial charge in [0.05, 0.1) is 0 Å². The molecule has 5 nitrogen and oxygen atoms in total. The number of rotatable bonds is 7. The average molecular weight is 308 g/mol. The van der Waals surface area contributed by atoms with Gasteiger partial charge in [-0.15, -0.1) is 0 Å². The molecule has 0 bridgehead atoms. The first-order valence-electron chi connectivity index (χ1n) is 7.68. The maximum absolute atomic E-state index is 11.8. The smallest absolute Gasteiger partial charge is 0.412 e. The fourth-order valence-corrected chi connectivity index (χ4v) is 2.00. The molecule has 0 aliphatic heterocycles. The molecule has 0 atom stereocenters. The van der Waals surface area contributed by atoms with Gasteiger partial charge < -0.3 is 14.7 Å². The number of carbonyl (C=O) groups is 1. The number of nitrogens with zero attached hydrogens (tertiary/aromatic N) is 1. The van der Waals surface area contributed by atoms with E-state index in [2.05, 4.69) is 10.2 Å². The van der Waals surface area contributed by atoms with Gasteiger partial charge in [0.15, 0.2) is 0 Å². The van der Waals surface area contributed by atoms with Gasteiger partial charge >= 0.3 is 6.09 Å². The standard InChI is InChI=1S/C17H28N2O3/c1-17(2,3)22-16(21)18-15-8-5-7-14(13-15)9-11-19(4)10-6-12-20/h5,7-8,13,20H,6,9-12H2,1-4H3,(H,18,21). The lowest BCUT2D eigenvalue weighted by Crippen LogP contribution is -2.27. The number of ether oxygens (including phenoxy) is 1. The fraction of sp³-hybridized carbons (Fsp3) is 0.588. The monoisotopic (exact) mass is 308 g/mol. The van der Waals surface area contributed by atoms with Gasteiger partial charge in [-0.3, -0.25) is 5.32 Å². The van der Waals surface area contributed by atoms with Gasteiger partial charge in [0, 0.05) is 25.4 Å². The van der Waals surface area contributed by atoms with E-state index in [9.17, 15) is 4.79 Å². The maximum Gasteiger partial charge on any atom is 0.412 e. The Morgan fingerprint density at radius 2 is 2.05 bits per heavy atom. The van der Waals surface area contributed by atoms with Crippen molar-refractivity contribution in [3.05, 3.63) is 29.8 Å². The van der Waals surface area contributed by atoms with Crippen LogP contribution < -0.4 is 5.32 Å². The first-order valence-corrected chi connectivity index (χ1v) is 7.68. The number of likely N-dealkylation sites (N-methyl/N-ethyl adjacent to an activating group) is 1. The summed E-state index contributed by atoms with van der Waals surface area (Å²) in [6.07, 6.45) is 1.24. The number of aliphatic hydroxyl groups is 1. The van der Waals surface area contributed by atoms with Crippen LogP contribution in [-0.2, 0) is 11.2 Å². The van der Waals surface area contributed by atoms with Gasteiger partial charge in [-0.1, -0.05) is 12.1 Å². The lowest BCUT2D eigenvalue weighted by molar-refractivity contribution is 0.0636. The molecule has 124 valence electrons. The summed E-state index contributed by atoms with van der Waals surface area (Å²) < 4.78 is 5.24. The van der Waals surface area contributed by atoms with Crippen LogP contribution in [-0.4, -0.2) is 48.4 Å². The van der Waals surface area contributed by atoms with Gasteiger partial charge in [0.25, 0.3) is 0 Å². The van der Waals surface area contributed by atoms with E-state index in [0.717, 1.165) is 37.2 Å². The van der Waals surface area contributed by atoms with Gasteiger partial charge in [0.1, 0.15) is 5.60 Å². The number of aliphatic hydroxyl groups excluding tert-OH is 1. The number of hydrogen-bond donors (Lipinski definition) is 2. The van der Waals surface area contributed by atoms with E-state index in [1.165, 1.54) is 0 Å². The highest BCUT2D eigenvalue weighted by molar-refractivity contribution is 5.84. The van der Waals surface area contributed by atoms with Crippen LogP contribution in [0.2, 0.25) is 0 Å². The van der Waals surface area contributed by atoms with E-state index < -0.39 is 11.7 Å². The number of amides is 1. The van der Waals surface area contributed by atoms with E-state index in [1.807, 2.05) is 52.1 Å². The lowest BCUT2D eigenvalue weighted by Gasteiger charge is -2.20. The first-order chi connectivity index (χ1) is 10.3. The molecule has 1 aromatic rings. The Labute approximate surface area is 133 Å². The Kier molecular flexibility index (Phi) is 7.35. The van der Waals surface area contributed by atoms with Crippen molar-refractivity contribution in [3.8, 4) is 0 Å². The van der Waals surface area contributed by atoms with Crippen LogP contribution in [0.1, 0.15) is 32.8 Å². The summed E-state index contributed by atoms with van der Waals surface area (Å²) in [5.74, 6) is 0. The van der Waals surface area contributed by atoms with Crippen molar-refractivity contribution in [2.24, 2.45) is 0 Å². The normalized spacial score (nSPS) is 11.5. The molecule has 0 aliphatic carbocycles. The van der Waals surface area contributed by atoms with E-state index in [1.54, 1.807) is 0 Å². The third kappa shape index (κ3) is 8.00. The molecule has 0 fully saturated rings. The maximum atomic E-state index is 11.8. The van der Waals surface area contributed by atoms with Crippen LogP contribution in [0.4, 0.5) is 10.5 Å². The molecule has 0 aromatic heterocycles. The summed E-state index contributed by atoms with van der Waals surface area (Å²) in [6.45, 7) is 7.53. The van der Waals surface area contributed by atoms with Crippen LogP contribution in [0.5, 0.6) is 0 Å². The molecule has 2 N–H and O–H groups in total. The van der Waals surface area contributed by atoms with Gasteiger partial charge in [-0.2, -0.15) is 0 Å². The molecule has 0 heterocycles. The van der Waals surface area contributed by atoms with Crippen LogP contribution in [0, 0.1) is 0 Å². The molecule has 1 rings (SSSR count). The quantitative estimate of drug-likeness (QED) is 0.813. The van der Waals surface area contributed by atoms with Crippen molar-refractivity contribution >= 4 is 11.8 Å². The number of benzene rings is 1. The Balaban J connectivity index is 2.50. The van der Waals surface area contributed by atoms with Crippen molar-refractivity contribution in [2.45, 2.75) is 39.2 Å². The SMILES string of the molecule is CN(CCCO)CCc1cccc(NC(=O)OC(C)(C)C)c1. The summed E-state index contributed by atoms with van der Waals surface area (Å²) in [5.41, 5.74) is 1.39. The van der Waals surface area contributed by atoms with E-state index in [-0.39, 0.29) is 6.61 Å². The summed E-state index contributed by atoms with van der Waals surface area (Å²) in [5, 5.41) is 11.6. The highest BCUT2D eigenvalue weighted by Gasteiger charge is 2.16. The summed E-state index contributed by atoms with van der Waals surface area (Å²) >= 11 is 0. The molecule has 0 aliphatic rings. The number of hydrogen-bond acceptors (Lipinski definition) is 4. The largest absolute Gasteiger partial charge is 0.444 e. The Hall–Kier alpha value is -1.59. The number of carbonyl (C=O) groups excluding carboxylic acids is 1. The minimum atomic E-state index is -0.503. The molecule has 1 aromatic carbocycles. The zero-order valence-electron chi connectivity index (χ0n) is 14.1. The molecule has 0 radical (unpaired) electrons. The number of nitrogens with one attached hydrogen (secondary N) is 1. The molecule has 5 heteroatoms. The van der Waals surface area contributed by atoms with Crippen molar-refractivity contribution in [2.75, 3.05) is 32.1 Å². The van der Waals surface area contributed by atoms with Gasteiger partial charge in [-0.05, 0) is 58.4 Å². The Morgan fingerprint density at radius 1 is 1.32 bits per heavy atom. The van der Waals surface area contributed by atoms with Crippen LogP contribution >= 0.6 is 0 Å². The predicted octanol–water partition coefficient (Wildman–Crippen LogP) is 2.89. The average Bonchev–Trinajstić information content (AvgIpc) is 2.41. The second-order valence-electron chi connectivity index (χ2n) is 6.46. The molecule has 0 saturated heterocycles. The molecule has 0 spiro atoms. The fourth-order valence-electron chi connectivity index (χ4n) is 2.00. The van der Waals surface area contributed by atoms with E-state index >= 15 is 0 Å². The predicted molar refractivity (Wildman–Crippen MR) is 89.2 cm³/mol. The van der Waals surface area contributed by atoms with Crippen molar-refractivity contribution in [1.29, 1.82) is 0 Å². The lowest BCUT2D eigenvalue weighted by atomic mass is 10.1. The topological polar surface area (TPSA) is 61.8 Å². The first kappa shape index (κ1) is 18.5. The molecular formula is C17H28N2O3. The van der Waals surface area contributed by atoms with Gasteiger partial charge in [-0.25, -0.2) is 4.79 Å². The second-order valence-corrected chi connectivity index (χ2v) is 6.46. The molecular weight excluding hydrogens is 280 g/mol. The van der Waals surface area contributed by atoms with Crippen LogP contribution in [0.3, 0.4) is 0 Å². The minimum absolute atomic E-state index is 0.222.